The predicted octanol–water partition coefficient (Wildman–Crippen LogP) is 3.14. The number of para-hydroxylation sites is 1. The Hall–Kier alpha value is -1.77. The van der Waals surface area contributed by atoms with Gasteiger partial charge in [-0.3, -0.25) is 4.79 Å². The fourth-order valence-electron chi connectivity index (χ4n) is 3.06. The van der Waals surface area contributed by atoms with Crippen LogP contribution in [0.5, 0.6) is 0 Å². The first kappa shape index (κ1) is 12.3. The van der Waals surface area contributed by atoms with Crippen molar-refractivity contribution in [3.8, 4) is 0 Å². The Balaban J connectivity index is 2.48. The van der Waals surface area contributed by atoms with Crippen molar-refractivity contribution >= 4 is 16.6 Å². The summed E-state index contributed by atoms with van der Waals surface area (Å²) in [7, 11) is 2.09. The summed E-state index contributed by atoms with van der Waals surface area (Å²) in [6.07, 6.45) is 2.07. The minimum Gasteiger partial charge on any atom is -0.371 e. The molecule has 1 unspecified atom stereocenters. The lowest BCUT2D eigenvalue weighted by molar-refractivity contribution is 0.539. The number of benzene rings is 1. The van der Waals surface area contributed by atoms with E-state index in [4.69, 9.17) is 0 Å². The van der Waals surface area contributed by atoms with E-state index in [1.807, 2.05) is 12.1 Å². The molecule has 1 atom stereocenters. The topological polar surface area (TPSA) is 25.2 Å². The molecule has 2 aromatic rings. The molecule has 0 amide bonds. The third-order valence-electron chi connectivity index (χ3n) is 4.10. The van der Waals surface area contributed by atoms with Gasteiger partial charge in [-0.05, 0) is 25.0 Å². The lowest BCUT2D eigenvalue weighted by Crippen LogP contribution is -2.33. The van der Waals surface area contributed by atoms with Gasteiger partial charge in [-0.1, -0.05) is 19.9 Å². The average Bonchev–Trinajstić information content (AvgIpc) is 2.37. The van der Waals surface area contributed by atoms with E-state index in [2.05, 4.69) is 49.5 Å². The molecule has 1 aromatic carbocycles. The van der Waals surface area contributed by atoms with Gasteiger partial charge in [0.15, 0.2) is 5.43 Å². The molecule has 0 saturated heterocycles. The molecule has 0 aliphatic carbocycles. The van der Waals surface area contributed by atoms with E-state index in [0.29, 0.717) is 6.04 Å². The third kappa shape index (κ3) is 1.68. The quantitative estimate of drug-likeness (QED) is 0.783. The molecule has 3 nitrogen and oxygen atoms in total. The molecule has 1 aliphatic heterocycles. The molecule has 0 N–H and O–H groups in total. The van der Waals surface area contributed by atoms with Crippen LogP contribution in [-0.4, -0.2) is 18.2 Å². The third-order valence-corrected chi connectivity index (χ3v) is 4.10. The summed E-state index contributed by atoms with van der Waals surface area (Å²) in [6, 6.07) is 6.43. The van der Waals surface area contributed by atoms with Crippen molar-refractivity contribution in [2.75, 3.05) is 18.5 Å². The summed E-state index contributed by atoms with van der Waals surface area (Å²) in [4.78, 5) is 14.8. The first-order chi connectivity index (χ1) is 9.00. The zero-order valence-electron chi connectivity index (χ0n) is 12.0. The van der Waals surface area contributed by atoms with Crippen molar-refractivity contribution in [3.05, 3.63) is 40.2 Å². The molecule has 0 fully saturated rings. The van der Waals surface area contributed by atoms with Crippen molar-refractivity contribution in [1.29, 1.82) is 0 Å². The maximum atomic E-state index is 12.6. The van der Waals surface area contributed by atoms with E-state index in [1.165, 1.54) is 0 Å². The molecule has 3 rings (SSSR count). The van der Waals surface area contributed by atoms with Crippen molar-refractivity contribution in [2.45, 2.75) is 32.7 Å². The fraction of sp³-hybridized carbons (Fsp3) is 0.438. The minimum absolute atomic E-state index is 0.186. The van der Waals surface area contributed by atoms with Gasteiger partial charge in [0.05, 0.1) is 11.2 Å². The maximum absolute atomic E-state index is 12.6. The van der Waals surface area contributed by atoms with Crippen LogP contribution in [0, 0.1) is 0 Å². The molecule has 0 saturated carbocycles. The Bertz CT molecular complexity index is 700. The zero-order valence-corrected chi connectivity index (χ0v) is 12.0. The van der Waals surface area contributed by atoms with Crippen molar-refractivity contribution in [1.82, 2.24) is 4.57 Å². The SMILES string of the molecule is CC(C)c1cn2c3c(cccc3c1=O)N(C)CC2C. The van der Waals surface area contributed by atoms with Crippen molar-refractivity contribution in [3.63, 3.8) is 0 Å². The second-order valence-electron chi connectivity index (χ2n) is 5.88. The monoisotopic (exact) mass is 256 g/mol. The van der Waals surface area contributed by atoms with E-state index in [-0.39, 0.29) is 11.3 Å². The van der Waals surface area contributed by atoms with Gasteiger partial charge in [-0.15, -0.1) is 0 Å². The Kier molecular flexibility index (Phi) is 2.66. The maximum Gasteiger partial charge on any atom is 0.192 e. The molecular weight excluding hydrogens is 236 g/mol. The number of aromatic nitrogens is 1. The molecule has 3 heteroatoms. The van der Waals surface area contributed by atoms with Gasteiger partial charge in [0.25, 0.3) is 0 Å². The van der Waals surface area contributed by atoms with Gasteiger partial charge < -0.3 is 9.47 Å². The summed E-state index contributed by atoms with van der Waals surface area (Å²) >= 11 is 0. The van der Waals surface area contributed by atoms with Crippen LogP contribution in [0.4, 0.5) is 5.69 Å². The predicted molar refractivity (Wildman–Crippen MR) is 80.3 cm³/mol. The van der Waals surface area contributed by atoms with E-state index in [1.54, 1.807) is 0 Å². The van der Waals surface area contributed by atoms with Gasteiger partial charge in [0, 0.05) is 36.8 Å². The second-order valence-corrected chi connectivity index (χ2v) is 5.88. The number of likely N-dealkylation sites (N-methyl/N-ethyl adjacent to an activating group) is 1. The fourth-order valence-corrected chi connectivity index (χ4v) is 3.06. The van der Waals surface area contributed by atoms with Crippen LogP contribution < -0.4 is 10.3 Å². The van der Waals surface area contributed by atoms with Gasteiger partial charge >= 0.3 is 0 Å². The highest BCUT2D eigenvalue weighted by Crippen LogP contribution is 2.33. The first-order valence-electron chi connectivity index (χ1n) is 6.89. The summed E-state index contributed by atoms with van der Waals surface area (Å²) in [5.41, 5.74) is 3.34. The molecule has 0 spiro atoms. The van der Waals surface area contributed by atoms with Crippen molar-refractivity contribution < 1.29 is 0 Å². The second kappa shape index (κ2) is 4.12. The Labute approximate surface area is 113 Å². The van der Waals surface area contributed by atoms with Gasteiger partial charge in [-0.2, -0.15) is 0 Å². The normalized spacial score (nSPS) is 18.4. The van der Waals surface area contributed by atoms with Crippen LogP contribution in [0.3, 0.4) is 0 Å². The largest absolute Gasteiger partial charge is 0.371 e. The van der Waals surface area contributed by atoms with E-state index in [9.17, 15) is 4.79 Å². The molecule has 0 radical (unpaired) electrons. The van der Waals surface area contributed by atoms with Crippen LogP contribution in [-0.2, 0) is 0 Å². The Morgan fingerprint density at radius 2 is 2.05 bits per heavy atom. The highest BCUT2D eigenvalue weighted by atomic mass is 16.1. The smallest absolute Gasteiger partial charge is 0.192 e. The lowest BCUT2D eigenvalue weighted by Gasteiger charge is -2.34. The molecule has 100 valence electrons. The molecule has 2 heterocycles. The van der Waals surface area contributed by atoms with Crippen LogP contribution in [0.15, 0.2) is 29.2 Å². The average molecular weight is 256 g/mol. The number of pyridine rings is 1. The number of nitrogens with zero attached hydrogens (tertiary/aromatic N) is 2. The van der Waals surface area contributed by atoms with Crippen LogP contribution in [0.2, 0.25) is 0 Å². The first-order valence-corrected chi connectivity index (χ1v) is 6.89. The zero-order chi connectivity index (χ0) is 13.7. The highest BCUT2D eigenvalue weighted by Gasteiger charge is 2.23. The Morgan fingerprint density at radius 1 is 1.32 bits per heavy atom. The Morgan fingerprint density at radius 3 is 2.74 bits per heavy atom. The molecule has 0 bridgehead atoms. The number of hydrogen-bond donors (Lipinski definition) is 0. The summed E-state index contributed by atoms with van der Waals surface area (Å²) in [6.45, 7) is 7.35. The minimum atomic E-state index is 0.186. The summed E-state index contributed by atoms with van der Waals surface area (Å²) < 4.78 is 2.28. The van der Waals surface area contributed by atoms with E-state index in [0.717, 1.165) is 28.7 Å². The van der Waals surface area contributed by atoms with E-state index < -0.39 is 0 Å². The molecule has 19 heavy (non-hydrogen) atoms. The van der Waals surface area contributed by atoms with Crippen molar-refractivity contribution in [2.24, 2.45) is 0 Å². The van der Waals surface area contributed by atoms with Crippen LogP contribution in [0.25, 0.3) is 10.9 Å². The van der Waals surface area contributed by atoms with E-state index >= 15 is 0 Å². The molecule has 1 aliphatic rings. The number of hydrogen-bond acceptors (Lipinski definition) is 2. The lowest BCUT2D eigenvalue weighted by atomic mass is 9.99. The van der Waals surface area contributed by atoms with Gasteiger partial charge in [-0.25, -0.2) is 0 Å². The van der Waals surface area contributed by atoms with Crippen LogP contribution in [0.1, 0.15) is 38.3 Å². The number of rotatable bonds is 1. The van der Waals surface area contributed by atoms with Crippen LogP contribution >= 0.6 is 0 Å². The summed E-state index contributed by atoms with van der Waals surface area (Å²) in [5, 5.41) is 0.849. The highest BCUT2D eigenvalue weighted by molar-refractivity contribution is 5.92. The van der Waals surface area contributed by atoms with Gasteiger partial charge in [0.1, 0.15) is 0 Å². The molecular formula is C16H20N2O. The van der Waals surface area contributed by atoms with Gasteiger partial charge in [0.2, 0.25) is 0 Å². The number of anilines is 1. The standard InChI is InChI=1S/C16H20N2O/c1-10(2)13-9-18-11(3)8-17(4)14-7-5-6-12(15(14)18)16(13)19/h5-7,9-11H,8H2,1-4H3. The summed E-state index contributed by atoms with van der Waals surface area (Å²) in [5.74, 6) is 0.260. The molecule has 1 aromatic heterocycles.